The van der Waals surface area contributed by atoms with E-state index in [-0.39, 0.29) is 27.8 Å². The van der Waals surface area contributed by atoms with Crippen LogP contribution in [-0.2, 0) is 14.4 Å². The Morgan fingerprint density at radius 3 is 2.56 bits per heavy atom. The zero-order valence-electron chi connectivity index (χ0n) is 16.9. The Balaban J connectivity index is 1.85. The number of carbonyl (C=O) groups is 4. The largest absolute Gasteiger partial charge is 0.478 e. The first-order valence-corrected chi connectivity index (χ1v) is 10.4. The zero-order valence-corrected chi connectivity index (χ0v) is 17.8. The van der Waals surface area contributed by atoms with Gasteiger partial charge < -0.3 is 5.11 Å². The molecule has 1 N–H and O–H groups in total. The number of para-hydroxylation sites is 1. The third kappa shape index (κ3) is 3.52. The van der Waals surface area contributed by atoms with Crippen LogP contribution in [0.3, 0.4) is 0 Å². The lowest BCUT2D eigenvalue weighted by atomic mass is 10.1. The van der Waals surface area contributed by atoms with Crippen LogP contribution in [0.25, 0.3) is 5.57 Å². The summed E-state index contributed by atoms with van der Waals surface area (Å²) in [5.41, 5.74) is 1.48. The number of carboxylic acid groups (broad SMARTS) is 1. The van der Waals surface area contributed by atoms with Gasteiger partial charge in [0.25, 0.3) is 11.8 Å². The van der Waals surface area contributed by atoms with Crippen LogP contribution in [-0.4, -0.2) is 45.4 Å². The van der Waals surface area contributed by atoms with E-state index in [2.05, 4.69) is 11.6 Å². The summed E-state index contributed by atoms with van der Waals surface area (Å²) in [7, 11) is 0. The number of rotatable bonds is 4. The summed E-state index contributed by atoms with van der Waals surface area (Å²) < 4.78 is 0. The van der Waals surface area contributed by atoms with Crippen molar-refractivity contribution in [1.82, 2.24) is 4.90 Å². The predicted octanol–water partition coefficient (Wildman–Crippen LogP) is 3.44. The van der Waals surface area contributed by atoms with Crippen molar-refractivity contribution in [3.8, 4) is 0 Å². The van der Waals surface area contributed by atoms with E-state index in [1.165, 1.54) is 30.0 Å². The number of amides is 3. The molecule has 1 saturated heterocycles. The van der Waals surface area contributed by atoms with E-state index in [0.717, 1.165) is 16.7 Å². The van der Waals surface area contributed by atoms with E-state index >= 15 is 0 Å². The van der Waals surface area contributed by atoms with Crippen molar-refractivity contribution in [2.45, 2.75) is 6.92 Å². The first kappa shape index (κ1) is 21.3. The van der Waals surface area contributed by atoms with E-state index in [1.807, 2.05) is 0 Å². The molecule has 2 aliphatic rings. The maximum Gasteiger partial charge on any atom is 0.335 e. The number of benzene rings is 2. The summed E-state index contributed by atoms with van der Waals surface area (Å²) in [5.74, 6) is -2.55. The maximum atomic E-state index is 13.3. The molecule has 9 heteroatoms. The van der Waals surface area contributed by atoms with Gasteiger partial charge >= 0.3 is 5.97 Å². The zero-order chi connectivity index (χ0) is 23.0. The van der Waals surface area contributed by atoms with Crippen LogP contribution in [0.2, 0.25) is 0 Å². The molecule has 0 spiro atoms. The third-order valence-corrected chi connectivity index (χ3v) is 5.94. The summed E-state index contributed by atoms with van der Waals surface area (Å²) in [4.78, 5) is 56.8. The van der Waals surface area contributed by atoms with Crippen molar-refractivity contribution in [2.75, 3.05) is 11.4 Å². The number of fused-ring (bicyclic) bond motifs is 1. The van der Waals surface area contributed by atoms with Crippen molar-refractivity contribution in [2.24, 2.45) is 4.99 Å². The molecule has 32 heavy (non-hydrogen) atoms. The highest BCUT2D eigenvalue weighted by molar-refractivity contribution is 8.18. The monoisotopic (exact) mass is 447 g/mol. The van der Waals surface area contributed by atoms with E-state index < -0.39 is 23.7 Å². The first-order chi connectivity index (χ1) is 15.3. The van der Waals surface area contributed by atoms with Crippen LogP contribution in [0, 0.1) is 0 Å². The molecule has 8 nitrogen and oxygen atoms in total. The SMILES string of the molecule is C=CCN1C(=O)/C(=C2/C(=O)N(C(C)=O)c3ccccc32)SC1=Nc1cccc(C(=O)O)c1. The molecule has 2 aliphatic heterocycles. The molecule has 160 valence electrons. The van der Waals surface area contributed by atoms with Gasteiger partial charge in [-0.25, -0.2) is 14.7 Å². The Labute approximate surface area is 187 Å². The molecule has 2 heterocycles. The van der Waals surface area contributed by atoms with Crippen molar-refractivity contribution >= 4 is 57.6 Å². The van der Waals surface area contributed by atoms with Crippen molar-refractivity contribution in [3.63, 3.8) is 0 Å². The molecule has 0 atom stereocenters. The number of thioether (sulfide) groups is 1. The van der Waals surface area contributed by atoms with E-state index in [1.54, 1.807) is 36.4 Å². The minimum atomic E-state index is -1.09. The summed E-state index contributed by atoms with van der Waals surface area (Å²) >= 11 is 1.01. The highest BCUT2D eigenvalue weighted by Gasteiger charge is 2.43. The van der Waals surface area contributed by atoms with Crippen molar-refractivity contribution < 1.29 is 24.3 Å². The van der Waals surface area contributed by atoms with E-state index in [0.29, 0.717) is 16.9 Å². The summed E-state index contributed by atoms with van der Waals surface area (Å²) in [6, 6.07) is 12.8. The number of aliphatic imine (C=N–C) groups is 1. The van der Waals surface area contributed by atoms with E-state index in [4.69, 9.17) is 0 Å². The molecule has 4 rings (SSSR count). The molecule has 0 saturated carbocycles. The molecule has 0 aliphatic carbocycles. The number of hydrogen-bond donors (Lipinski definition) is 1. The van der Waals surface area contributed by atoms with Crippen LogP contribution < -0.4 is 4.90 Å². The Hall–Kier alpha value is -3.98. The second-order valence-electron chi connectivity index (χ2n) is 6.94. The Morgan fingerprint density at radius 2 is 1.88 bits per heavy atom. The van der Waals surface area contributed by atoms with Gasteiger partial charge in [0.05, 0.1) is 27.4 Å². The standard InChI is InChI=1S/C23H17N3O5S/c1-3-11-25-21(29)19(32-23(25)24-15-8-6-7-14(12-15)22(30)31)18-16-9-4-5-10-17(16)26(13(2)27)20(18)28/h3-10,12H,1,11H2,2H3,(H,30,31)/b19-18-,24-23?. The number of imide groups is 1. The van der Waals surface area contributed by atoms with Gasteiger partial charge in [0.1, 0.15) is 0 Å². The average Bonchev–Trinajstić information content (AvgIpc) is 3.22. The number of carbonyl (C=O) groups excluding carboxylic acids is 3. The number of carboxylic acids is 1. The average molecular weight is 447 g/mol. The fraction of sp³-hybridized carbons (Fsp3) is 0.0870. The summed E-state index contributed by atoms with van der Waals surface area (Å²) in [6.45, 7) is 5.11. The van der Waals surface area contributed by atoms with Gasteiger partial charge in [-0.05, 0) is 36.0 Å². The minimum Gasteiger partial charge on any atom is -0.478 e. The van der Waals surface area contributed by atoms with Gasteiger partial charge in [-0.15, -0.1) is 6.58 Å². The smallest absolute Gasteiger partial charge is 0.335 e. The number of anilines is 1. The molecule has 2 aromatic carbocycles. The van der Waals surface area contributed by atoms with Gasteiger partial charge in [-0.1, -0.05) is 30.3 Å². The molecule has 0 unspecified atom stereocenters. The third-order valence-electron chi connectivity index (χ3n) is 4.87. The Bertz CT molecular complexity index is 1260. The van der Waals surface area contributed by atoms with Gasteiger partial charge in [0, 0.05) is 19.0 Å². The predicted molar refractivity (Wildman–Crippen MR) is 122 cm³/mol. The molecular formula is C23H17N3O5S. The van der Waals surface area contributed by atoms with Gasteiger partial charge in [0.2, 0.25) is 5.91 Å². The fourth-order valence-corrected chi connectivity index (χ4v) is 4.60. The lowest BCUT2D eigenvalue weighted by molar-refractivity contribution is -0.124. The molecule has 3 amide bonds. The molecule has 2 aromatic rings. The van der Waals surface area contributed by atoms with Crippen LogP contribution in [0.1, 0.15) is 22.8 Å². The number of hydrogen-bond acceptors (Lipinski definition) is 6. The number of amidine groups is 1. The van der Waals surface area contributed by atoms with Crippen molar-refractivity contribution in [3.05, 3.63) is 77.2 Å². The van der Waals surface area contributed by atoms with Gasteiger partial charge in [0.15, 0.2) is 5.17 Å². The molecule has 0 radical (unpaired) electrons. The van der Waals surface area contributed by atoms with E-state index in [9.17, 15) is 24.3 Å². The first-order valence-electron chi connectivity index (χ1n) is 9.55. The fourth-order valence-electron chi connectivity index (χ4n) is 3.50. The Kier molecular flexibility index (Phi) is 5.50. The summed E-state index contributed by atoms with van der Waals surface area (Å²) in [6.07, 6.45) is 1.53. The molecular weight excluding hydrogens is 430 g/mol. The number of aromatic carboxylic acids is 1. The topological polar surface area (TPSA) is 107 Å². The maximum absolute atomic E-state index is 13.3. The quantitative estimate of drug-likeness (QED) is 0.568. The lowest BCUT2D eigenvalue weighted by Gasteiger charge is -2.13. The minimum absolute atomic E-state index is 0.0621. The molecule has 0 bridgehead atoms. The highest BCUT2D eigenvalue weighted by Crippen LogP contribution is 2.44. The second-order valence-corrected chi connectivity index (χ2v) is 7.91. The summed E-state index contributed by atoms with van der Waals surface area (Å²) in [5, 5.41) is 9.50. The molecule has 0 aromatic heterocycles. The van der Waals surface area contributed by atoms with Crippen LogP contribution in [0.4, 0.5) is 11.4 Å². The Morgan fingerprint density at radius 1 is 1.12 bits per heavy atom. The number of nitrogens with zero attached hydrogens (tertiary/aromatic N) is 3. The van der Waals surface area contributed by atoms with Gasteiger partial charge in [-0.2, -0.15) is 0 Å². The van der Waals surface area contributed by atoms with Crippen LogP contribution in [0.5, 0.6) is 0 Å². The highest BCUT2D eigenvalue weighted by atomic mass is 32.2. The van der Waals surface area contributed by atoms with Crippen molar-refractivity contribution in [1.29, 1.82) is 0 Å². The molecule has 1 fully saturated rings. The van der Waals surface area contributed by atoms with Crippen LogP contribution in [0.15, 0.2) is 71.1 Å². The second kappa shape index (κ2) is 8.27. The van der Waals surface area contributed by atoms with Crippen LogP contribution >= 0.6 is 11.8 Å². The normalized spacial score (nSPS) is 19.0. The van der Waals surface area contributed by atoms with Gasteiger partial charge in [-0.3, -0.25) is 19.3 Å². The lowest BCUT2D eigenvalue weighted by Crippen LogP contribution is -2.32.